The topological polar surface area (TPSA) is 231 Å². The fraction of sp³-hybridized carbons (Fsp3) is 0.918. The number of ketones is 2. The Bertz CT molecular complexity index is 1130. The van der Waals surface area contributed by atoms with Crippen LogP contribution in [-0.2, 0) is 90.2 Å². The van der Waals surface area contributed by atoms with Gasteiger partial charge >= 0.3 is 0 Å². The van der Waals surface area contributed by atoms with Crippen LogP contribution in [0.3, 0.4) is 0 Å². The van der Waals surface area contributed by atoms with Crippen molar-refractivity contribution in [1.82, 2.24) is 10.6 Å². The van der Waals surface area contributed by atoms with Gasteiger partial charge in [-0.05, 0) is 32.6 Å². The minimum absolute atomic E-state index is 0.00524. The molecule has 0 saturated carbocycles. The van der Waals surface area contributed by atoms with Gasteiger partial charge in [0.05, 0.1) is 159 Å². The summed E-state index contributed by atoms with van der Waals surface area (Å²) in [6, 6.07) is 0. The van der Waals surface area contributed by atoms with Gasteiger partial charge in [0.2, 0.25) is 11.8 Å². The summed E-state index contributed by atoms with van der Waals surface area (Å²) in [5.41, 5.74) is -1.24. The molecule has 21 heteroatoms. The summed E-state index contributed by atoms with van der Waals surface area (Å²) in [5.74, 6) is -0.579. The molecule has 70 heavy (non-hydrogen) atoms. The van der Waals surface area contributed by atoms with Crippen LogP contribution >= 0.6 is 0 Å². The highest BCUT2D eigenvalue weighted by Crippen LogP contribution is 2.12. The molecule has 0 aromatic heterocycles. The number of hydrogen-bond acceptors (Lipinski definition) is 19. The van der Waals surface area contributed by atoms with E-state index in [4.69, 9.17) is 71.1 Å². The Hall–Kier alpha value is -2.32. The third-order valence-electron chi connectivity index (χ3n) is 9.53. The molecule has 2 N–H and O–H groups in total. The summed E-state index contributed by atoms with van der Waals surface area (Å²) in [7, 11) is 1.61. The first-order valence-electron chi connectivity index (χ1n) is 25.5. The van der Waals surface area contributed by atoms with Gasteiger partial charge in [0, 0.05) is 85.2 Å². The molecular formula is C49H94N2O19. The molecule has 0 aliphatic heterocycles. The smallest absolute Gasteiger partial charge is 0.222 e. The molecule has 0 rings (SSSR count). The van der Waals surface area contributed by atoms with Gasteiger partial charge in [-0.15, -0.1) is 0 Å². The molecular weight excluding hydrogens is 921 g/mol. The lowest BCUT2D eigenvalue weighted by Gasteiger charge is -2.34. The van der Waals surface area contributed by atoms with E-state index in [9.17, 15) is 19.2 Å². The van der Waals surface area contributed by atoms with Gasteiger partial charge < -0.3 is 81.7 Å². The number of hydrogen-bond donors (Lipinski definition) is 2. The number of ether oxygens (including phenoxy) is 15. The summed E-state index contributed by atoms with van der Waals surface area (Å²) in [6.45, 7) is 16.9. The predicted octanol–water partition coefficient (Wildman–Crippen LogP) is 2.94. The Labute approximate surface area is 419 Å². The van der Waals surface area contributed by atoms with Crippen molar-refractivity contribution in [3.63, 3.8) is 0 Å². The van der Waals surface area contributed by atoms with E-state index in [0.717, 1.165) is 12.8 Å². The zero-order valence-electron chi connectivity index (χ0n) is 43.5. The molecule has 0 unspecified atom stereocenters. The van der Waals surface area contributed by atoms with Crippen LogP contribution in [-0.4, -0.2) is 234 Å². The fourth-order valence-electron chi connectivity index (χ4n) is 5.86. The molecule has 0 aliphatic carbocycles. The van der Waals surface area contributed by atoms with E-state index in [0.29, 0.717) is 171 Å². The quantitative estimate of drug-likeness (QED) is 0.0835. The van der Waals surface area contributed by atoms with Crippen LogP contribution in [0.2, 0.25) is 0 Å². The summed E-state index contributed by atoms with van der Waals surface area (Å²) < 4.78 is 83.3. The van der Waals surface area contributed by atoms with E-state index in [2.05, 4.69) is 24.5 Å². The van der Waals surface area contributed by atoms with E-state index < -0.39 is 5.54 Å². The zero-order chi connectivity index (χ0) is 51.1. The number of Topliss-reactive ketones (excluding diaryl/α,β-unsaturated/α-hetero) is 2. The summed E-state index contributed by atoms with van der Waals surface area (Å²) in [4.78, 5) is 51.6. The predicted molar refractivity (Wildman–Crippen MR) is 260 cm³/mol. The van der Waals surface area contributed by atoms with Crippen molar-refractivity contribution in [1.29, 1.82) is 0 Å². The van der Waals surface area contributed by atoms with Crippen molar-refractivity contribution in [2.24, 2.45) is 0 Å². The normalized spacial score (nSPS) is 11.7. The maximum atomic E-state index is 13.5. The van der Waals surface area contributed by atoms with Crippen LogP contribution in [0.25, 0.3) is 0 Å². The van der Waals surface area contributed by atoms with Gasteiger partial charge in [-0.2, -0.15) is 0 Å². The van der Waals surface area contributed by atoms with Crippen LogP contribution in [0.4, 0.5) is 0 Å². The summed E-state index contributed by atoms with van der Waals surface area (Å²) in [6.07, 6.45) is 4.05. The van der Waals surface area contributed by atoms with E-state index >= 15 is 0 Å². The number of nitrogens with one attached hydrogen (secondary N) is 2. The monoisotopic (exact) mass is 1010 g/mol. The van der Waals surface area contributed by atoms with Crippen molar-refractivity contribution in [3.8, 4) is 0 Å². The number of amides is 2. The molecule has 0 aromatic rings. The Morgan fingerprint density at radius 1 is 0.343 bits per heavy atom. The number of methoxy groups -OCH3 is 1. The summed E-state index contributed by atoms with van der Waals surface area (Å²) >= 11 is 0. The standard InChI is InChI=1S/C49H94N2O19/c1-5-17-58-30-35-65-37-32-60-19-8-10-45(52)12-21-68-42-49(44-70-24-14-47(54)50-16-25-63-29-28-57-7-3,51-48(55)15-23-62-34-39-67-41-40-64-27-26-56-4)43-69-22-13-46(53)11-9-20-61-33-38-66-36-31-59-18-6-2/h5-44H2,1-4H3,(H,50,54)(H,51,55). The van der Waals surface area contributed by atoms with Crippen molar-refractivity contribution < 1.29 is 90.2 Å². The Morgan fingerprint density at radius 3 is 1.11 bits per heavy atom. The van der Waals surface area contributed by atoms with Crippen molar-refractivity contribution in [2.75, 3.05) is 205 Å². The second-order valence-corrected chi connectivity index (χ2v) is 15.9. The van der Waals surface area contributed by atoms with E-state index in [-0.39, 0.29) is 102 Å². The van der Waals surface area contributed by atoms with Crippen molar-refractivity contribution in [2.45, 2.75) is 90.5 Å². The number of rotatable bonds is 59. The minimum Gasteiger partial charge on any atom is -0.382 e. The van der Waals surface area contributed by atoms with Crippen LogP contribution < -0.4 is 10.6 Å². The molecule has 0 aromatic carbocycles. The van der Waals surface area contributed by atoms with Gasteiger partial charge in [-0.3, -0.25) is 19.2 Å². The van der Waals surface area contributed by atoms with Crippen LogP contribution in [0.1, 0.15) is 85.0 Å². The van der Waals surface area contributed by atoms with Crippen molar-refractivity contribution >= 4 is 23.4 Å². The highest BCUT2D eigenvalue weighted by molar-refractivity contribution is 5.79. The molecule has 0 fully saturated rings. The maximum absolute atomic E-state index is 13.5. The molecule has 414 valence electrons. The molecule has 0 atom stereocenters. The first kappa shape index (κ1) is 67.7. The largest absolute Gasteiger partial charge is 0.382 e. The molecule has 0 spiro atoms. The third-order valence-corrected chi connectivity index (χ3v) is 9.53. The highest BCUT2D eigenvalue weighted by atomic mass is 16.6. The van der Waals surface area contributed by atoms with E-state index in [1.807, 2.05) is 6.92 Å². The Morgan fingerprint density at radius 2 is 0.686 bits per heavy atom. The molecule has 0 heterocycles. The van der Waals surface area contributed by atoms with Gasteiger partial charge in [0.25, 0.3) is 0 Å². The van der Waals surface area contributed by atoms with Gasteiger partial charge in [0.1, 0.15) is 17.1 Å². The van der Waals surface area contributed by atoms with E-state index in [1.165, 1.54) is 0 Å². The van der Waals surface area contributed by atoms with Gasteiger partial charge in [-0.25, -0.2) is 0 Å². The number of carbonyl (C=O) groups is 4. The maximum Gasteiger partial charge on any atom is 0.222 e. The van der Waals surface area contributed by atoms with Crippen LogP contribution in [0.15, 0.2) is 0 Å². The van der Waals surface area contributed by atoms with Gasteiger partial charge in [-0.1, -0.05) is 13.8 Å². The zero-order valence-corrected chi connectivity index (χ0v) is 43.5. The fourth-order valence-corrected chi connectivity index (χ4v) is 5.86. The molecule has 2 amide bonds. The Kier molecular flexibility index (Phi) is 52.6. The minimum atomic E-state index is -1.24. The highest BCUT2D eigenvalue weighted by Gasteiger charge is 2.34. The summed E-state index contributed by atoms with van der Waals surface area (Å²) in [5, 5.41) is 5.83. The molecule has 0 aliphatic rings. The second kappa shape index (κ2) is 54.5. The first-order valence-corrected chi connectivity index (χ1v) is 25.5. The third kappa shape index (κ3) is 49.3. The lowest BCUT2D eigenvalue weighted by Crippen LogP contribution is -2.59. The lowest BCUT2D eigenvalue weighted by atomic mass is 10.0. The number of carbonyl (C=O) groups excluding carboxylic acids is 4. The molecule has 0 saturated heterocycles. The van der Waals surface area contributed by atoms with Crippen LogP contribution in [0.5, 0.6) is 0 Å². The Balaban J connectivity index is 5.34. The van der Waals surface area contributed by atoms with Crippen LogP contribution in [0, 0.1) is 0 Å². The molecule has 0 radical (unpaired) electrons. The molecule has 21 nitrogen and oxygen atoms in total. The van der Waals surface area contributed by atoms with E-state index in [1.54, 1.807) is 7.11 Å². The molecule has 0 bridgehead atoms. The first-order chi connectivity index (χ1) is 34.3. The lowest BCUT2D eigenvalue weighted by molar-refractivity contribution is -0.131. The average Bonchev–Trinajstić information content (AvgIpc) is 3.35. The van der Waals surface area contributed by atoms with Crippen molar-refractivity contribution in [3.05, 3.63) is 0 Å². The second-order valence-electron chi connectivity index (χ2n) is 15.9. The van der Waals surface area contributed by atoms with Gasteiger partial charge in [0.15, 0.2) is 0 Å². The average molecular weight is 1020 g/mol. The SMILES string of the molecule is CCCOCCOCCOCCCC(=O)CCOCC(COCCC(=O)CCCOCCOCCOCCC)(COCCC(=O)NCCOCCOCC)NC(=O)CCOCCOCCOCCOC.